The molecular weight excluding hydrogens is 741 g/mol. The number of fused-ring (bicyclic) bond motifs is 1. The lowest BCUT2D eigenvalue weighted by Gasteiger charge is -2.25. The molecule has 10 rings (SSSR count). The number of hydrogen-bond acceptors (Lipinski definition) is 6. The van der Waals surface area contributed by atoms with Gasteiger partial charge in [-0.05, 0) is 95.1 Å². The van der Waals surface area contributed by atoms with Crippen LogP contribution in [0.15, 0.2) is 230 Å². The number of rotatable bonds is 10. The first-order chi connectivity index (χ1) is 29.6. The van der Waals surface area contributed by atoms with Crippen molar-refractivity contribution in [2.45, 2.75) is 0 Å². The Morgan fingerprint density at radius 3 is 0.733 bits per heavy atom. The van der Waals surface area contributed by atoms with E-state index in [9.17, 15) is 9.59 Å². The van der Waals surface area contributed by atoms with Crippen LogP contribution in [-0.2, 0) is 19.1 Å². The smallest absolute Gasteiger partial charge is 0.348 e. The first-order valence-electron chi connectivity index (χ1n) is 19.7. The Balaban J connectivity index is 0.886. The fraction of sp³-hybridized carbons (Fsp3) is 0. The number of hydrogen-bond donors (Lipinski definition) is 0. The summed E-state index contributed by atoms with van der Waals surface area (Å²) in [5.41, 5.74) is 11.9. The molecule has 0 unspecified atom stereocenters. The Labute approximate surface area is 348 Å². The Kier molecular flexibility index (Phi) is 9.40. The summed E-state index contributed by atoms with van der Waals surface area (Å²) in [5, 5.41) is 0. The molecule has 0 fully saturated rings. The second kappa shape index (κ2) is 15.6. The SMILES string of the molecule is O=C1OC(c2ccc(-c3ccc(N(c4ccccc4)c4ccccc4)cc3)cc2)=C2C(=O)OC(c3ccc(-c4ccc(N(c5ccccc5)c5ccccc5)cc4)cc3)=C12. The summed E-state index contributed by atoms with van der Waals surface area (Å²) in [4.78, 5) is 31.2. The average molecular weight is 777 g/mol. The van der Waals surface area contributed by atoms with Gasteiger partial charge in [-0.15, -0.1) is 0 Å². The van der Waals surface area contributed by atoms with E-state index in [1.807, 2.05) is 121 Å². The molecule has 6 heteroatoms. The first-order valence-corrected chi connectivity index (χ1v) is 19.7. The number of anilines is 6. The summed E-state index contributed by atoms with van der Waals surface area (Å²) in [6, 6.07) is 73.2. The van der Waals surface area contributed by atoms with Crippen LogP contribution in [-0.4, -0.2) is 11.9 Å². The highest BCUT2D eigenvalue weighted by Gasteiger charge is 2.45. The van der Waals surface area contributed by atoms with Gasteiger partial charge in [0.2, 0.25) is 0 Å². The number of nitrogens with zero attached hydrogens (tertiary/aromatic N) is 2. The van der Waals surface area contributed by atoms with Crippen LogP contribution >= 0.6 is 0 Å². The highest BCUT2D eigenvalue weighted by Crippen LogP contribution is 2.44. The third-order valence-corrected chi connectivity index (χ3v) is 10.8. The zero-order valence-electron chi connectivity index (χ0n) is 32.3. The van der Waals surface area contributed by atoms with E-state index in [-0.39, 0.29) is 22.7 Å². The van der Waals surface area contributed by atoms with Crippen molar-refractivity contribution in [1.29, 1.82) is 0 Å². The van der Waals surface area contributed by atoms with Crippen molar-refractivity contribution in [2.75, 3.05) is 9.80 Å². The lowest BCUT2D eigenvalue weighted by molar-refractivity contribution is -0.131. The Morgan fingerprint density at radius 2 is 0.467 bits per heavy atom. The number of ether oxygens (including phenoxy) is 2. The molecule has 286 valence electrons. The van der Waals surface area contributed by atoms with E-state index >= 15 is 0 Å². The molecule has 0 N–H and O–H groups in total. The lowest BCUT2D eigenvalue weighted by Crippen LogP contribution is -2.09. The number of cyclic esters (lactones) is 2. The monoisotopic (exact) mass is 776 g/mol. The molecule has 2 heterocycles. The summed E-state index contributed by atoms with van der Waals surface area (Å²) in [7, 11) is 0. The summed E-state index contributed by atoms with van der Waals surface area (Å²) in [6.07, 6.45) is 0. The molecule has 0 radical (unpaired) electrons. The van der Waals surface area contributed by atoms with Crippen molar-refractivity contribution >= 4 is 57.6 Å². The van der Waals surface area contributed by atoms with Gasteiger partial charge < -0.3 is 19.3 Å². The number of esters is 2. The van der Waals surface area contributed by atoms with E-state index in [1.54, 1.807) is 0 Å². The maximum Gasteiger partial charge on any atom is 0.348 e. The molecule has 0 saturated heterocycles. The first kappa shape index (κ1) is 36.1. The van der Waals surface area contributed by atoms with Crippen LogP contribution in [0.5, 0.6) is 0 Å². The number of carbonyl (C=O) groups excluding carboxylic acids is 2. The van der Waals surface area contributed by atoms with E-state index in [4.69, 9.17) is 9.47 Å². The van der Waals surface area contributed by atoms with Gasteiger partial charge in [-0.3, -0.25) is 0 Å². The van der Waals surface area contributed by atoms with Crippen LogP contribution in [0.3, 0.4) is 0 Å². The van der Waals surface area contributed by atoms with Crippen molar-refractivity contribution in [3.05, 3.63) is 241 Å². The van der Waals surface area contributed by atoms with Crippen LogP contribution in [0, 0.1) is 0 Å². The molecule has 8 aromatic carbocycles. The van der Waals surface area contributed by atoms with Gasteiger partial charge in [0.05, 0.1) is 0 Å². The van der Waals surface area contributed by atoms with Gasteiger partial charge in [-0.2, -0.15) is 0 Å². The molecule has 8 aromatic rings. The van der Waals surface area contributed by atoms with Gasteiger partial charge in [-0.25, -0.2) is 9.59 Å². The maximum atomic E-state index is 13.4. The minimum Gasteiger partial charge on any atom is -0.421 e. The summed E-state index contributed by atoms with van der Waals surface area (Å²) in [6.45, 7) is 0. The molecule has 0 saturated carbocycles. The highest BCUT2D eigenvalue weighted by atomic mass is 16.6. The van der Waals surface area contributed by atoms with Crippen LogP contribution in [0.2, 0.25) is 0 Å². The Bertz CT molecular complexity index is 2610. The summed E-state index contributed by atoms with van der Waals surface area (Å²) >= 11 is 0. The molecule has 2 aliphatic heterocycles. The van der Waals surface area contributed by atoms with Crippen molar-refractivity contribution in [1.82, 2.24) is 0 Å². The van der Waals surface area contributed by atoms with Crippen LogP contribution in [0.4, 0.5) is 34.1 Å². The largest absolute Gasteiger partial charge is 0.421 e. The number of para-hydroxylation sites is 4. The van der Waals surface area contributed by atoms with Gasteiger partial charge in [0.25, 0.3) is 0 Å². The minimum absolute atomic E-state index is 0.148. The summed E-state index contributed by atoms with van der Waals surface area (Å²) < 4.78 is 11.5. The summed E-state index contributed by atoms with van der Waals surface area (Å²) in [5.74, 6) is -0.809. The van der Waals surface area contributed by atoms with E-state index in [1.165, 1.54) is 0 Å². The van der Waals surface area contributed by atoms with Crippen LogP contribution in [0.1, 0.15) is 11.1 Å². The second-order valence-corrected chi connectivity index (χ2v) is 14.4. The molecule has 0 aliphatic carbocycles. The Morgan fingerprint density at radius 1 is 0.250 bits per heavy atom. The molecule has 0 bridgehead atoms. The predicted molar refractivity (Wildman–Crippen MR) is 239 cm³/mol. The van der Waals surface area contributed by atoms with Crippen molar-refractivity contribution in [3.8, 4) is 22.3 Å². The molecule has 60 heavy (non-hydrogen) atoms. The number of benzene rings is 8. The van der Waals surface area contributed by atoms with E-state index in [2.05, 4.69) is 107 Å². The lowest BCUT2D eigenvalue weighted by atomic mass is 9.98. The van der Waals surface area contributed by atoms with E-state index < -0.39 is 11.9 Å². The minimum atomic E-state index is -0.608. The fourth-order valence-corrected chi connectivity index (χ4v) is 7.85. The standard InChI is InChI=1S/C54H36N2O4/c57-53-49-50(52(60-53)42-27-23-38(24-28-42)40-31-35-48(36-32-40)56(45-17-9-3-10-18-45)46-19-11-4-12-20-46)54(58)59-51(49)41-25-21-37(22-26-41)39-29-33-47(34-30-39)55(43-13-5-1-6-14-43)44-15-7-2-8-16-44/h1-36H. The number of carbonyl (C=O) groups is 2. The quantitative estimate of drug-likeness (QED) is 0.129. The van der Waals surface area contributed by atoms with Gasteiger partial charge >= 0.3 is 11.9 Å². The zero-order valence-corrected chi connectivity index (χ0v) is 32.3. The molecule has 0 aromatic heterocycles. The van der Waals surface area contributed by atoms with Crippen molar-refractivity contribution < 1.29 is 19.1 Å². The second-order valence-electron chi connectivity index (χ2n) is 14.4. The van der Waals surface area contributed by atoms with Gasteiger partial charge in [0, 0.05) is 45.3 Å². The van der Waals surface area contributed by atoms with Gasteiger partial charge in [-0.1, -0.05) is 146 Å². The molecule has 0 atom stereocenters. The molecule has 2 aliphatic rings. The van der Waals surface area contributed by atoms with Crippen molar-refractivity contribution in [3.63, 3.8) is 0 Å². The molecular formula is C54H36N2O4. The average Bonchev–Trinajstić information content (AvgIpc) is 3.85. The van der Waals surface area contributed by atoms with Crippen LogP contribution in [0.25, 0.3) is 33.8 Å². The normalized spacial score (nSPS) is 13.2. The molecule has 6 nitrogen and oxygen atoms in total. The molecule has 0 spiro atoms. The van der Waals surface area contributed by atoms with E-state index in [0.29, 0.717) is 11.1 Å². The predicted octanol–water partition coefficient (Wildman–Crippen LogP) is 13.2. The third kappa shape index (κ3) is 6.82. The molecule has 0 amide bonds. The van der Waals surface area contributed by atoms with Crippen LogP contribution < -0.4 is 9.80 Å². The highest BCUT2D eigenvalue weighted by molar-refractivity contribution is 6.24. The van der Waals surface area contributed by atoms with Crippen molar-refractivity contribution in [2.24, 2.45) is 0 Å². The van der Waals surface area contributed by atoms with E-state index in [0.717, 1.165) is 56.4 Å². The Hall–Kier alpha value is -8.22. The maximum absolute atomic E-state index is 13.4. The third-order valence-electron chi connectivity index (χ3n) is 10.8. The van der Waals surface area contributed by atoms with Gasteiger partial charge in [0.15, 0.2) is 11.5 Å². The zero-order chi connectivity index (χ0) is 40.4. The fourth-order valence-electron chi connectivity index (χ4n) is 7.85. The topological polar surface area (TPSA) is 59.1 Å². The van der Waals surface area contributed by atoms with Gasteiger partial charge in [0.1, 0.15) is 11.1 Å².